The van der Waals surface area contributed by atoms with Crippen LogP contribution >= 0.6 is 0 Å². The largest absolute Gasteiger partial charge is 0.335 e. The van der Waals surface area contributed by atoms with Crippen molar-refractivity contribution in [2.45, 2.75) is 30.2 Å². The molecule has 1 aliphatic rings. The van der Waals surface area contributed by atoms with E-state index in [4.69, 9.17) is 0 Å². The maximum Gasteiger partial charge on any atom is 0.206 e. The number of sulfone groups is 1. The van der Waals surface area contributed by atoms with E-state index in [-0.39, 0.29) is 10.8 Å². The molecule has 3 aromatic rings. The van der Waals surface area contributed by atoms with Gasteiger partial charge in [-0.25, -0.2) is 13.4 Å². The van der Waals surface area contributed by atoms with Gasteiger partial charge < -0.3 is 4.57 Å². The molecular weight excluding hydrogens is 328 g/mol. The summed E-state index contributed by atoms with van der Waals surface area (Å²) < 4.78 is 26.6. The molecule has 124 valence electrons. The molecule has 1 aliphatic heterocycles. The maximum atomic E-state index is 12.2. The fourth-order valence-corrected chi connectivity index (χ4v) is 4.24. The lowest BCUT2D eigenvalue weighted by Gasteiger charge is -2.26. The van der Waals surface area contributed by atoms with E-state index in [0.29, 0.717) is 11.4 Å². The van der Waals surface area contributed by atoms with Gasteiger partial charge in [0.2, 0.25) is 5.82 Å². The second-order valence-corrected chi connectivity index (χ2v) is 7.98. The van der Waals surface area contributed by atoms with Crippen molar-refractivity contribution in [2.24, 2.45) is 0 Å². The Balaban J connectivity index is 1.87. The highest BCUT2D eigenvalue weighted by atomic mass is 32.2. The van der Waals surface area contributed by atoms with Crippen LogP contribution in [-0.2, 0) is 22.8 Å². The molecule has 0 fully saturated rings. The van der Waals surface area contributed by atoms with Gasteiger partial charge in [0.25, 0.3) is 0 Å². The molecule has 8 nitrogen and oxygen atoms in total. The van der Waals surface area contributed by atoms with Crippen LogP contribution in [0.2, 0.25) is 0 Å². The number of nitrogens with zero attached hydrogens (tertiary/aromatic N) is 5. The maximum absolute atomic E-state index is 12.2. The number of aromatic amines is 1. The van der Waals surface area contributed by atoms with Crippen LogP contribution in [0.5, 0.6) is 0 Å². The summed E-state index contributed by atoms with van der Waals surface area (Å²) in [5, 5.41) is 14.0. The third kappa shape index (κ3) is 2.50. The standard InChI is InChI=1S/C15H16N6O2S/c1-24(22,23)13-4-2-3-12(14(13)15-17-19-20-18-15)10-5-6-21-9-16-8-11(21)7-10/h2-4,8-10H,5-7H2,1H3,(H,17,18,19,20). The molecule has 1 atom stereocenters. The summed E-state index contributed by atoms with van der Waals surface area (Å²) in [4.78, 5) is 4.42. The molecule has 0 aliphatic carbocycles. The molecule has 1 unspecified atom stereocenters. The Morgan fingerprint density at radius 2 is 2.21 bits per heavy atom. The lowest BCUT2D eigenvalue weighted by molar-refractivity contribution is 0.474. The molecule has 0 spiro atoms. The summed E-state index contributed by atoms with van der Waals surface area (Å²) in [7, 11) is -3.41. The van der Waals surface area contributed by atoms with E-state index < -0.39 is 9.84 Å². The summed E-state index contributed by atoms with van der Waals surface area (Å²) in [5.41, 5.74) is 2.63. The monoisotopic (exact) mass is 344 g/mol. The van der Waals surface area contributed by atoms with Gasteiger partial charge in [-0.3, -0.25) is 0 Å². The molecule has 0 saturated heterocycles. The Bertz CT molecular complexity index is 977. The zero-order chi connectivity index (χ0) is 16.7. The Morgan fingerprint density at radius 3 is 2.96 bits per heavy atom. The van der Waals surface area contributed by atoms with Crippen molar-refractivity contribution >= 4 is 9.84 Å². The summed E-state index contributed by atoms with van der Waals surface area (Å²) in [5.74, 6) is 0.495. The van der Waals surface area contributed by atoms with Crippen molar-refractivity contribution in [3.8, 4) is 11.4 Å². The highest BCUT2D eigenvalue weighted by Crippen LogP contribution is 2.37. The van der Waals surface area contributed by atoms with E-state index in [1.807, 2.05) is 18.6 Å². The van der Waals surface area contributed by atoms with E-state index in [1.165, 1.54) is 6.26 Å². The van der Waals surface area contributed by atoms with E-state index in [2.05, 4.69) is 30.2 Å². The molecule has 24 heavy (non-hydrogen) atoms. The first kappa shape index (κ1) is 15.0. The van der Waals surface area contributed by atoms with Crippen LogP contribution in [0.25, 0.3) is 11.4 Å². The molecule has 1 N–H and O–H groups in total. The van der Waals surface area contributed by atoms with Gasteiger partial charge in [-0.1, -0.05) is 12.1 Å². The predicted octanol–water partition coefficient (Wildman–Crippen LogP) is 1.20. The first-order chi connectivity index (χ1) is 11.5. The molecule has 0 bridgehead atoms. The number of tetrazole rings is 1. The van der Waals surface area contributed by atoms with Gasteiger partial charge in [0.15, 0.2) is 9.84 Å². The van der Waals surface area contributed by atoms with E-state index >= 15 is 0 Å². The van der Waals surface area contributed by atoms with E-state index in [9.17, 15) is 8.42 Å². The molecule has 3 heterocycles. The summed E-state index contributed by atoms with van der Waals surface area (Å²) in [6.45, 7) is 0.856. The average Bonchev–Trinajstić information content (AvgIpc) is 3.24. The molecule has 0 saturated carbocycles. The lowest BCUT2D eigenvalue weighted by atomic mass is 9.86. The number of hydrogen-bond donors (Lipinski definition) is 1. The number of H-pyrrole nitrogens is 1. The van der Waals surface area contributed by atoms with Gasteiger partial charge in [0.1, 0.15) is 0 Å². The van der Waals surface area contributed by atoms with Gasteiger partial charge in [-0.15, -0.1) is 10.2 Å². The fourth-order valence-electron chi connectivity index (χ4n) is 3.34. The molecular formula is C15H16N6O2S. The molecule has 1 aromatic carbocycles. The average molecular weight is 344 g/mol. The third-order valence-electron chi connectivity index (χ3n) is 4.44. The second kappa shape index (κ2) is 5.52. The predicted molar refractivity (Wildman–Crippen MR) is 86.0 cm³/mol. The minimum absolute atomic E-state index is 0.185. The van der Waals surface area contributed by atoms with Crippen molar-refractivity contribution in [1.29, 1.82) is 0 Å². The van der Waals surface area contributed by atoms with Crippen molar-refractivity contribution in [1.82, 2.24) is 30.2 Å². The van der Waals surface area contributed by atoms with Crippen molar-refractivity contribution in [3.05, 3.63) is 42.0 Å². The first-order valence-electron chi connectivity index (χ1n) is 7.60. The van der Waals surface area contributed by atoms with E-state index in [1.54, 1.807) is 12.1 Å². The van der Waals surface area contributed by atoms with Crippen molar-refractivity contribution in [2.75, 3.05) is 6.26 Å². The summed E-state index contributed by atoms with van der Waals surface area (Å²) in [6, 6.07) is 5.33. The Kier molecular flexibility index (Phi) is 3.45. The van der Waals surface area contributed by atoms with Gasteiger partial charge in [0.05, 0.1) is 11.2 Å². The van der Waals surface area contributed by atoms with Crippen LogP contribution in [0.15, 0.2) is 35.6 Å². The number of aryl methyl sites for hydroxylation is 1. The Morgan fingerprint density at radius 1 is 1.33 bits per heavy atom. The number of rotatable bonds is 3. The van der Waals surface area contributed by atoms with E-state index in [0.717, 1.165) is 30.6 Å². The van der Waals surface area contributed by atoms with Gasteiger partial charge in [-0.2, -0.15) is 5.21 Å². The van der Waals surface area contributed by atoms with Crippen molar-refractivity contribution < 1.29 is 8.42 Å². The molecule has 4 rings (SSSR count). The third-order valence-corrected chi connectivity index (χ3v) is 5.58. The summed E-state index contributed by atoms with van der Waals surface area (Å²) >= 11 is 0. The van der Waals surface area contributed by atoms with Gasteiger partial charge >= 0.3 is 0 Å². The smallest absolute Gasteiger partial charge is 0.206 e. The fraction of sp³-hybridized carbons (Fsp3) is 0.333. The Labute approximate surface area is 138 Å². The van der Waals surface area contributed by atoms with Crippen LogP contribution in [-0.4, -0.2) is 44.8 Å². The number of aromatic nitrogens is 6. The minimum atomic E-state index is -3.41. The molecule has 9 heteroatoms. The Hall–Kier alpha value is -2.55. The number of fused-ring (bicyclic) bond motifs is 1. The second-order valence-electron chi connectivity index (χ2n) is 6.00. The zero-order valence-corrected chi connectivity index (χ0v) is 13.9. The van der Waals surface area contributed by atoms with Crippen molar-refractivity contribution in [3.63, 3.8) is 0 Å². The van der Waals surface area contributed by atoms with Crippen LogP contribution in [0.3, 0.4) is 0 Å². The van der Waals surface area contributed by atoms with Crippen LogP contribution < -0.4 is 0 Å². The number of nitrogens with one attached hydrogen (secondary N) is 1. The van der Waals surface area contributed by atoms with Gasteiger partial charge in [-0.05, 0) is 35.6 Å². The highest BCUT2D eigenvalue weighted by Gasteiger charge is 2.27. The van der Waals surface area contributed by atoms with Crippen LogP contribution in [0.4, 0.5) is 0 Å². The minimum Gasteiger partial charge on any atom is -0.335 e. The topological polar surface area (TPSA) is 106 Å². The molecule has 0 radical (unpaired) electrons. The first-order valence-corrected chi connectivity index (χ1v) is 9.49. The molecule has 2 aromatic heterocycles. The number of hydrogen-bond acceptors (Lipinski definition) is 6. The zero-order valence-electron chi connectivity index (χ0n) is 13.0. The number of imidazole rings is 1. The number of benzene rings is 1. The van der Waals surface area contributed by atoms with Gasteiger partial charge in [0, 0.05) is 30.3 Å². The molecule has 0 amide bonds. The van der Waals surface area contributed by atoms with Crippen LogP contribution in [0.1, 0.15) is 23.6 Å². The lowest BCUT2D eigenvalue weighted by Crippen LogP contribution is -2.18. The summed E-state index contributed by atoms with van der Waals surface area (Å²) in [6.07, 6.45) is 6.60. The SMILES string of the molecule is CS(=O)(=O)c1cccc(C2CCn3cncc3C2)c1-c1nn[nH]n1. The van der Waals surface area contributed by atoms with Crippen LogP contribution in [0, 0.1) is 0 Å². The normalized spacial score (nSPS) is 17.6. The highest BCUT2D eigenvalue weighted by molar-refractivity contribution is 7.90. The quantitative estimate of drug-likeness (QED) is 0.765.